The van der Waals surface area contributed by atoms with Gasteiger partial charge < -0.3 is 4.98 Å². The molecule has 20 heavy (non-hydrogen) atoms. The van der Waals surface area contributed by atoms with E-state index in [1.54, 1.807) is 12.4 Å². The molecule has 0 fully saturated rings. The number of aromatic nitrogens is 4. The molecule has 0 aliphatic rings. The summed E-state index contributed by atoms with van der Waals surface area (Å²) in [5.41, 5.74) is 3.69. The molecule has 0 spiro atoms. The largest absolute Gasteiger partial charge is 0.342 e. The fourth-order valence-electron chi connectivity index (χ4n) is 2.00. The number of aryl methyl sites for hydroxylation is 1. The maximum absolute atomic E-state index is 5.28. The Kier molecular flexibility index (Phi) is 3.58. The van der Waals surface area contributed by atoms with Gasteiger partial charge in [0.15, 0.2) is 0 Å². The van der Waals surface area contributed by atoms with Crippen LogP contribution in [0.4, 0.5) is 0 Å². The lowest BCUT2D eigenvalue weighted by Crippen LogP contribution is -1.97. The van der Waals surface area contributed by atoms with Crippen molar-refractivity contribution in [2.45, 2.75) is 13.3 Å². The molecule has 0 saturated heterocycles. The minimum Gasteiger partial charge on any atom is -0.342 e. The summed E-state index contributed by atoms with van der Waals surface area (Å²) in [6.45, 7) is 2.07. The first kappa shape index (κ1) is 13.3. The van der Waals surface area contributed by atoms with Gasteiger partial charge in [0.25, 0.3) is 0 Å². The van der Waals surface area contributed by atoms with Gasteiger partial charge in [-0.05, 0) is 40.5 Å². The van der Waals surface area contributed by atoms with Crippen molar-refractivity contribution in [3.63, 3.8) is 0 Å². The zero-order valence-corrected chi connectivity index (χ0v) is 13.1. The first-order chi connectivity index (χ1) is 9.69. The van der Waals surface area contributed by atoms with Crippen molar-refractivity contribution in [3.05, 3.63) is 45.4 Å². The fourth-order valence-corrected chi connectivity index (χ4v) is 2.68. The zero-order chi connectivity index (χ0) is 14.1. The van der Waals surface area contributed by atoms with E-state index in [1.165, 1.54) is 0 Å². The second-order valence-electron chi connectivity index (χ2n) is 4.30. The van der Waals surface area contributed by atoms with Gasteiger partial charge >= 0.3 is 0 Å². The van der Waals surface area contributed by atoms with E-state index in [4.69, 9.17) is 12.2 Å². The summed E-state index contributed by atoms with van der Waals surface area (Å²) in [6, 6.07) is 5.87. The van der Waals surface area contributed by atoms with Gasteiger partial charge in [0.05, 0.1) is 15.5 Å². The molecule has 0 amide bonds. The van der Waals surface area contributed by atoms with Gasteiger partial charge in [0.1, 0.15) is 10.5 Å². The summed E-state index contributed by atoms with van der Waals surface area (Å²) in [4.78, 5) is 16.3. The molecule has 2 heterocycles. The monoisotopic (exact) mass is 346 g/mol. The first-order valence-electron chi connectivity index (χ1n) is 6.19. The summed E-state index contributed by atoms with van der Waals surface area (Å²) in [5, 5.41) is 0. The Morgan fingerprint density at radius 3 is 2.70 bits per heavy atom. The number of fused-ring (bicyclic) bond motifs is 1. The molecule has 3 aromatic rings. The molecule has 0 aliphatic heterocycles. The van der Waals surface area contributed by atoms with Gasteiger partial charge in [-0.15, -0.1) is 0 Å². The molecule has 4 nitrogen and oxygen atoms in total. The number of nitrogens with one attached hydrogen (secondary N) is 1. The van der Waals surface area contributed by atoms with Gasteiger partial charge in [-0.25, -0.2) is 4.98 Å². The highest BCUT2D eigenvalue weighted by atomic mass is 79.9. The van der Waals surface area contributed by atoms with E-state index in [0.29, 0.717) is 4.64 Å². The molecule has 1 aromatic carbocycles. The van der Waals surface area contributed by atoms with Crippen LogP contribution in [0, 0.1) is 4.64 Å². The van der Waals surface area contributed by atoms with Crippen molar-refractivity contribution in [1.82, 2.24) is 19.9 Å². The Balaban J connectivity index is 2.20. The Hall–Kier alpha value is -1.66. The van der Waals surface area contributed by atoms with E-state index < -0.39 is 0 Å². The summed E-state index contributed by atoms with van der Waals surface area (Å²) < 4.78 is 1.43. The third-order valence-electron chi connectivity index (χ3n) is 3.03. The maximum Gasteiger partial charge on any atom is 0.144 e. The number of rotatable bonds is 2. The molecule has 0 atom stereocenters. The predicted molar refractivity (Wildman–Crippen MR) is 85.0 cm³/mol. The Morgan fingerprint density at radius 2 is 1.95 bits per heavy atom. The van der Waals surface area contributed by atoms with Gasteiger partial charge in [0, 0.05) is 23.7 Å². The molecule has 0 aliphatic carbocycles. The number of hydrogen-bond donors (Lipinski definition) is 1. The molecule has 0 radical (unpaired) electrons. The molecule has 6 heteroatoms. The van der Waals surface area contributed by atoms with Crippen molar-refractivity contribution in [3.8, 4) is 11.4 Å². The third kappa shape index (κ3) is 2.36. The predicted octanol–water partition coefficient (Wildman–Crippen LogP) is 4.07. The second-order valence-corrected chi connectivity index (χ2v) is 5.48. The second kappa shape index (κ2) is 5.38. The van der Waals surface area contributed by atoms with E-state index in [0.717, 1.165) is 39.0 Å². The summed E-state index contributed by atoms with van der Waals surface area (Å²) in [7, 11) is 0. The number of hydrogen-bond acceptors (Lipinski definition) is 4. The van der Waals surface area contributed by atoms with Crippen molar-refractivity contribution >= 4 is 39.2 Å². The van der Waals surface area contributed by atoms with Gasteiger partial charge in [0.2, 0.25) is 0 Å². The molecule has 100 valence electrons. The van der Waals surface area contributed by atoms with Crippen LogP contribution in [0.15, 0.2) is 35.1 Å². The van der Waals surface area contributed by atoms with Crippen molar-refractivity contribution in [1.29, 1.82) is 0 Å². The highest BCUT2D eigenvalue weighted by Gasteiger charge is 2.08. The van der Waals surface area contributed by atoms with Crippen molar-refractivity contribution in [2.24, 2.45) is 0 Å². The van der Waals surface area contributed by atoms with Crippen molar-refractivity contribution in [2.75, 3.05) is 0 Å². The van der Waals surface area contributed by atoms with E-state index >= 15 is 0 Å². The van der Waals surface area contributed by atoms with E-state index in [2.05, 4.69) is 42.8 Å². The molecular weight excluding hydrogens is 336 g/mol. The van der Waals surface area contributed by atoms with Crippen LogP contribution >= 0.6 is 28.1 Å². The first-order valence-corrected chi connectivity index (χ1v) is 7.39. The van der Waals surface area contributed by atoms with Crippen LogP contribution in [0.5, 0.6) is 0 Å². The van der Waals surface area contributed by atoms with Crippen molar-refractivity contribution < 1.29 is 0 Å². The van der Waals surface area contributed by atoms with Crippen LogP contribution in [0.3, 0.4) is 0 Å². The van der Waals surface area contributed by atoms with Crippen LogP contribution in [-0.2, 0) is 6.42 Å². The number of H-pyrrole nitrogens is 1. The highest BCUT2D eigenvalue weighted by Crippen LogP contribution is 2.23. The van der Waals surface area contributed by atoms with Crippen LogP contribution in [0.25, 0.3) is 22.4 Å². The van der Waals surface area contributed by atoms with E-state index in [1.807, 2.05) is 18.2 Å². The van der Waals surface area contributed by atoms with Gasteiger partial charge in [-0.3, -0.25) is 9.97 Å². The normalized spacial score (nSPS) is 10.9. The lowest BCUT2D eigenvalue weighted by Gasteiger charge is -2.07. The molecule has 0 unspecified atom stereocenters. The Bertz CT molecular complexity index is 844. The number of benzene rings is 1. The highest BCUT2D eigenvalue weighted by molar-refractivity contribution is 9.10. The summed E-state index contributed by atoms with van der Waals surface area (Å²) >= 11 is 8.75. The SMILES string of the molecule is CCc1[nH]c(-c2ccc3nccnc3c2)nc(=S)c1Br. The zero-order valence-electron chi connectivity index (χ0n) is 10.7. The number of aromatic amines is 1. The number of nitrogens with zero attached hydrogens (tertiary/aromatic N) is 3. The minimum atomic E-state index is 0.565. The van der Waals surface area contributed by atoms with E-state index in [9.17, 15) is 0 Å². The minimum absolute atomic E-state index is 0.565. The van der Waals surface area contributed by atoms with E-state index in [-0.39, 0.29) is 0 Å². The Morgan fingerprint density at radius 1 is 1.20 bits per heavy atom. The maximum atomic E-state index is 5.28. The molecular formula is C14H11BrN4S. The third-order valence-corrected chi connectivity index (χ3v) is 4.44. The standard InChI is InChI=1S/C14H11BrN4S/c1-2-9-12(15)14(20)19-13(18-9)8-3-4-10-11(7-8)17-6-5-16-10/h3-7H,2H2,1H3,(H,18,19,20). The molecule has 0 saturated carbocycles. The fraction of sp³-hybridized carbons (Fsp3) is 0.143. The Labute approximate surface area is 129 Å². The van der Waals surface area contributed by atoms with Crippen LogP contribution < -0.4 is 0 Å². The van der Waals surface area contributed by atoms with Crippen LogP contribution in [-0.4, -0.2) is 19.9 Å². The molecule has 1 N–H and O–H groups in total. The van der Waals surface area contributed by atoms with Gasteiger partial charge in [-0.2, -0.15) is 0 Å². The summed E-state index contributed by atoms with van der Waals surface area (Å²) in [6.07, 6.45) is 4.22. The quantitative estimate of drug-likeness (QED) is 0.710. The van der Waals surface area contributed by atoms with Crippen LogP contribution in [0.1, 0.15) is 12.6 Å². The molecule has 0 bridgehead atoms. The van der Waals surface area contributed by atoms with Crippen LogP contribution in [0.2, 0.25) is 0 Å². The summed E-state index contributed by atoms with van der Waals surface area (Å²) in [5.74, 6) is 0.752. The van der Waals surface area contributed by atoms with Gasteiger partial charge in [-0.1, -0.05) is 19.1 Å². The molecule has 2 aromatic heterocycles. The smallest absolute Gasteiger partial charge is 0.144 e. The average molecular weight is 347 g/mol. The average Bonchev–Trinajstić information content (AvgIpc) is 2.49. The lowest BCUT2D eigenvalue weighted by molar-refractivity contribution is 0.984. The number of halogens is 1. The lowest BCUT2D eigenvalue weighted by atomic mass is 10.1. The molecule has 3 rings (SSSR count). The topological polar surface area (TPSA) is 54.5 Å².